The van der Waals surface area contributed by atoms with Crippen LogP contribution in [0.1, 0.15) is 64.6 Å². The molecule has 0 aliphatic heterocycles. The van der Waals surface area contributed by atoms with Crippen molar-refractivity contribution in [2.24, 2.45) is 0 Å². The molecule has 3 rings (SSSR count). The van der Waals surface area contributed by atoms with E-state index in [-0.39, 0.29) is 0 Å². The lowest BCUT2D eigenvalue weighted by Gasteiger charge is -2.21. The van der Waals surface area contributed by atoms with Gasteiger partial charge in [0.2, 0.25) is 0 Å². The van der Waals surface area contributed by atoms with E-state index in [2.05, 4.69) is 33.0 Å². The highest BCUT2D eigenvalue weighted by Gasteiger charge is 2.24. The number of nitrogen functional groups attached to an aromatic ring is 1. The summed E-state index contributed by atoms with van der Waals surface area (Å²) in [7, 11) is 1.64. The first-order chi connectivity index (χ1) is 15.0. The molecule has 0 atom stereocenters. The Balaban J connectivity index is 2.33. The second kappa shape index (κ2) is 10.2. The highest BCUT2D eigenvalue weighted by atomic mass is 35.5. The molecular formula is C24H34ClN5O. The summed E-state index contributed by atoms with van der Waals surface area (Å²) in [6, 6.07) is 6.06. The Bertz CT molecular complexity index is 1040. The summed E-state index contributed by atoms with van der Waals surface area (Å²) in [5.41, 5.74) is 11.1. The van der Waals surface area contributed by atoms with Crippen molar-refractivity contribution in [1.29, 1.82) is 0 Å². The van der Waals surface area contributed by atoms with E-state index in [1.54, 1.807) is 7.11 Å². The summed E-state index contributed by atoms with van der Waals surface area (Å²) in [6.45, 7) is 8.68. The largest absolute Gasteiger partial charge is 0.497 e. The summed E-state index contributed by atoms with van der Waals surface area (Å²) in [5, 5.41) is 9.33. The Morgan fingerprint density at radius 2 is 1.84 bits per heavy atom. The number of nitrogens with one attached hydrogen (secondary N) is 1. The molecule has 6 nitrogen and oxygen atoms in total. The van der Waals surface area contributed by atoms with Gasteiger partial charge in [-0.15, -0.1) is 0 Å². The van der Waals surface area contributed by atoms with Gasteiger partial charge in [0.1, 0.15) is 17.4 Å². The monoisotopic (exact) mass is 443 g/mol. The molecule has 1 aromatic carbocycles. The predicted molar refractivity (Wildman–Crippen MR) is 130 cm³/mol. The molecule has 0 spiro atoms. The summed E-state index contributed by atoms with van der Waals surface area (Å²) in [6.07, 6.45) is 5.66. The summed E-state index contributed by atoms with van der Waals surface area (Å²) in [5.74, 6) is 2.22. The van der Waals surface area contributed by atoms with Crippen LogP contribution in [0.3, 0.4) is 0 Å². The lowest BCUT2D eigenvalue weighted by molar-refractivity contribution is 0.415. The van der Waals surface area contributed by atoms with Gasteiger partial charge < -0.3 is 15.8 Å². The molecule has 3 N–H and O–H groups in total. The van der Waals surface area contributed by atoms with E-state index in [0.717, 1.165) is 78.1 Å². The van der Waals surface area contributed by atoms with Crippen LogP contribution in [-0.2, 0) is 12.8 Å². The second-order valence-corrected chi connectivity index (χ2v) is 8.29. The quantitative estimate of drug-likeness (QED) is 0.393. The number of halogens is 1. The molecule has 0 unspecified atom stereocenters. The van der Waals surface area contributed by atoms with Crippen LogP contribution < -0.4 is 15.8 Å². The van der Waals surface area contributed by atoms with Gasteiger partial charge in [0.15, 0.2) is 5.65 Å². The van der Waals surface area contributed by atoms with Crippen molar-refractivity contribution < 1.29 is 4.74 Å². The van der Waals surface area contributed by atoms with E-state index in [1.165, 1.54) is 0 Å². The third-order valence-corrected chi connectivity index (χ3v) is 6.04. The zero-order valence-corrected chi connectivity index (χ0v) is 20.0. The molecule has 0 saturated carbocycles. The van der Waals surface area contributed by atoms with Crippen molar-refractivity contribution in [1.82, 2.24) is 14.6 Å². The fourth-order valence-electron chi connectivity index (χ4n) is 3.99. The first kappa shape index (κ1) is 23.2. The van der Waals surface area contributed by atoms with E-state index in [1.807, 2.05) is 22.7 Å². The number of nitrogens with two attached hydrogens (primary N) is 1. The van der Waals surface area contributed by atoms with Gasteiger partial charge in [0, 0.05) is 17.2 Å². The topological polar surface area (TPSA) is 77.5 Å². The number of aryl methyl sites for hydroxylation is 1. The molecule has 3 aromatic rings. The predicted octanol–water partition coefficient (Wildman–Crippen LogP) is 6.15. The highest BCUT2D eigenvalue weighted by molar-refractivity contribution is 6.33. The summed E-state index contributed by atoms with van der Waals surface area (Å²) < 4.78 is 7.28. The third-order valence-electron chi connectivity index (χ3n) is 5.73. The fourth-order valence-corrected chi connectivity index (χ4v) is 4.25. The van der Waals surface area contributed by atoms with Gasteiger partial charge in [-0.2, -0.15) is 9.61 Å². The Morgan fingerprint density at radius 1 is 1.13 bits per heavy atom. The van der Waals surface area contributed by atoms with Crippen molar-refractivity contribution in [2.45, 2.75) is 72.3 Å². The van der Waals surface area contributed by atoms with Crippen LogP contribution in [0, 0.1) is 0 Å². The number of fused-ring (bicyclic) bond motifs is 1. The van der Waals surface area contributed by atoms with Crippen LogP contribution in [0.15, 0.2) is 18.2 Å². The number of rotatable bonds is 10. The van der Waals surface area contributed by atoms with Crippen molar-refractivity contribution in [3.05, 3.63) is 34.5 Å². The minimum absolute atomic E-state index is 0.340. The Labute approximate surface area is 190 Å². The van der Waals surface area contributed by atoms with Crippen LogP contribution >= 0.6 is 11.6 Å². The van der Waals surface area contributed by atoms with Gasteiger partial charge in [0.05, 0.1) is 23.4 Å². The first-order valence-electron chi connectivity index (χ1n) is 11.3. The molecule has 7 heteroatoms. The van der Waals surface area contributed by atoms with Crippen LogP contribution in [0.2, 0.25) is 5.02 Å². The molecule has 0 radical (unpaired) electrons. The van der Waals surface area contributed by atoms with Crippen LogP contribution in [0.5, 0.6) is 5.75 Å². The summed E-state index contributed by atoms with van der Waals surface area (Å²) in [4.78, 5) is 4.83. The molecule has 0 saturated heterocycles. The Hall–Kier alpha value is -2.47. The maximum Gasteiger partial charge on any atom is 0.167 e. The van der Waals surface area contributed by atoms with Crippen molar-refractivity contribution >= 4 is 28.9 Å². The third kappa shape index (κ3) is 4.59. The zero-order valence-electron chi connectivity index (χ0n) is 19.3. The molecule has 2 aromatic heterocycles. The molecule has 0 fully saturated rings. The van der Waals surface area contributed by atoms with E-state index < -0.39 is 0 Å². The molecule has 0 bridgehead atoms. The number of ether oxygens (including phenoxy) is 1. The smallest absolute Gasteiger partial charge is 0.167 e. The Kier molecular flexibility index (Phi) is 7.65. The van der Waals surface area contributed by atoms with Gasteiger partial charge in [-0.3, -0.25) is 0 Å². The number of benzene rings is 1. The maximum atomic E-state index is 6.67. The van der Waals surface area contributed by atoms with Gasteiger partial charge in [-0.05, 0) is 43.9 Å². The average Bonchev–Trinajstić information content (AvgIpc) is 3.11. The minimum atomic E-state index is 0.340. The number of anilines is 2. The number of hydrogen-bond donors (Lipinski definition) is 2. The number of nitrogens with zero attached hydrogens (tertiary/aromatic N) is 3. The van der Waals surface area contributed by atoms with Gasteiger partial charge >= 0.3 is 0 Å². The highest BCUT2D eigenvalue weighted by Crippen LogP contribution is 2.38. The van der Waals surface area contributed by atoms with Gasteiger partial charge in [-0.25, -0.2) is 4.98 Å². The standard InChI is InChI=1S/C24H34ClN5O/c1-6-10-18-22(26)28-24-21(17-13-12-16(31-5)14-19(17)25)20(11-7-2)29-30(24)23(18)27-15(8-3)9-4/h12-15,27H,6-11H2,1-5H3,(H2,26,28). The van der Waals surface area contributed by atoms with Crippen molar-refractivity contribution in [3.8, 4) is 16.9 Å². The zero-order chi connectivity index (χ0) is 22.5. The average molecular weight is 444 g/mol. The lowest BCUT2D eigenvalue weighted by atomic mass is 10.0. The van der Waals surface area contributed by atoms with Gasteiger partial charge in [-0.1, -0.05) is 52.1 Å². The van der Waals surface area contributed by atoms with Gasteiger partial charge in [0.25, 0.3) is 0 Å². The van der Waals surface area contributed by atoms with Crippen LogP contribution in [0.4, 0.5) is 11.6 Å². The first-order valence-corrected chi connectivity index (χ1v) is 11.7. The SMILES string of the molecule is CCCc1nn2c(NC(CC)CC)c(CCC)c(N)nc2c1-c1ccc(OC)cc1Cl. The number of methoxy groups -OCH3 is 1. The second-order valence-electron chi connectivity index (χ2n) is 7.88. The van der Waals surface area contributed by atoms with Crippen LogP contribution in [-0.4, -0.2) is 27.7 Å². The number of hydrogen-bond acceptors (Lipinski definition) is 5. The molecule has 0 aliphatic rings. The van der Waals surface area contributed by atoms with E-state index in [4.69, 9.17) is 32.2 Å². The lowest BCUT2D eigenvalue weighted by Crippen LogP contribution is -2.22. The van der Waals surface area contributed by atoms with Crippen molar-refractivity contribution in [3.63, 3.8) is 0 Å². The van der Waals surface area contributed by atoms with Crippen molar-refractivity contribution in [2.75, 3.05) is 18.2 Å². The summed E-state index contributed by atoms with van der Waals surface area (Å²) >= 11 is 6.67. The molecule has 0 aliphatic carbocycles. The fraction of sp³-hybridized carbons (Fsp3) is 0.500. The molecular weight excluding hydrogens is 410 g/mol. The normalized spacial score (nSPS) is 11.5. The Morgan fingerprint density at radius 3 is 2.42 bits per heavy atom. The molecule has 31 heavy (non-hydrogen) atoms. The van der Waals surface area contributed by atoms with Crippen LogP contribution in [0.25, 0.3) is 16.8 Å². The number of aromatic nitrogens is 3. The van der Waals surface area contributed by atoms with E-state index >= 15 is 0 Å². The molecule has 0 amide bonds. The maximum absolute atomic E-state index is 6.67. The van der Waals surface area contributed by atoms with E-state index in [0.29, 0.717) is 16.9 Å². The van der Waals surface area contributed by atoms with E-state index in [9.17, 15) is 0 Å². The minimum Gasteiger partial charge on any atom is -0.497 e. The molecule has 168 valence electrons. The molecule has 2 heterocycles.